The summed E-state index contributed by atoms with van der Waals surface area (Å²) in [6, 6.07) is 0.147. The fourth-order valence-corrected chi connectivity index (χ4v) is 2.17. The zero-order valence-electron chi connectivity index (χ0n) is 13.0. The quantitative estimate of drug-likeness (QED) is 0.231. The van der Waals surface area contributed by atoms with Crippen LogP contribution in [0, 0.1) is 0 Å². The first kappa shape index (κ1) is 19.5. The SMILES string of the molecule is CC/C=C\CCC(=S)/C=C/C(N)CCCCCCCN. The van der Waals surface area contributed by atoms with Crippen LogP contribution in [-0.2, 0) is 0 Å². The minimum atomic E-state index is 0.147. The maximum atomic E-state index is 6.06. The van der Waals surface area contributed by atoms with Crippen molar-refractivity contribution in [2.24, 2.45) is 11.5 Å². The topological polar surface area (TPSA) is 52.0 Å². The summed E-state index contributed by atoms with van der Waals surface area (Å²) in [7, 11) is 0. The van der Waals surface area contributed by atoms with E-state index in [4.69, 9.17) is 23.7 Å². The number of nitrogens with two attached hydrogens (primary N) is 2. The van der Waals surface area contributed by atoms with Gasteiger partial charge in [0.05, 0.1) is 0 Å². The van der Waals surface area contributed by atoms with Gasteiger partial charge in [0.2, 0.25) is 0 Å². The Morgan fingerprint density at radius 3 is 2.50 bits per heavy atom. The second kappa shape index (κ2) is 14.9. The summed E-state index contributed by atoms with van der Waals surface area (Å²) in [6.07, 6.45) is 18.7. The molecule has 0 amide bonds. The Morgan fingerprint density at radius 1 is 1.10 bits per heavy atom. The molecular formula is C17H32N2S. The van der Waals surface area contributed by atoms with E-state index in [0.29, 0.717) is 0 Å². The highest BCUT2D eigenvalue weighted by molar-refractivity contribution is 7.80. The molecule has 0 aromatic heterocycles. The lowest BCUT2D eigenvalue weighted by molar-refractivity contribution is 0.576. The van der Waals surface area contributed by atoms with Crippen LogP contribution in [0.2, 0.25) is 0 Å². The van der Waals surface area contributed by atoms with Crippen molar-refractivity contribution in [1.82, 2.24) is 0 Å². The highest BCUT2D eigenvalue weighted by Gasteiger charge is 1.98. The fourth-order valence-electron chi connectivity index (χ4n) is 1.98. The van der Waals surface area contributed by atoms with E-state index in [1.54, 1.807) is 0 Å². The molecule has 0 aliphatic heterocycles. The second-order valence-electron chi connectivity index (χ2n) is 5.25. The lowest BCUT2D eigenvalue weighted by Crippen LogP contribution is -2.16. The molecule has 0 saturated heterocycles. The van der Waals surface area contributed by atoms with Crippen molar-refractivity contribution < 1.29 is 0 Å². The van der Waals surface area contributed by atoms with E-state index in [-0.39, 0.29) is 6.04 Å². The molecule has 0 saturated carbocycles. The van der Waals surface area contributed by atoms with Crippen LogP contribution in [0.5, 0.6) is 0 Å². The van der Waals surface area contributed by atoms with Gasteiger partial charge in [0, 0.05) is 10.9 Å². The Balaban J connectivity index is 3.57. The molecular weight excluding hydrogens is 264 g/mol. The van der Waals surface area contributed by atoms with E-state index in [2.05, 4.69) is 25.2 Å². The van der Waals surface area contributed by atoms with Gasteiger partial charge >= 0.3 is 0 Å². The molecule has 4 N–H and O–H groups in total. The van der Waals surface area contributed by atoms with Crippen LogP contribution in [-0.4, -0.2) is 17.5 Å². The zero-order chi connectivity index (χ0) is 15.1. The van der Waals surface area contributed by atoms with Gasteiger partial charge in [0.15, 0.2) is 0 Å². The largest absolute Gasteiger partial charge is 0.330 e. The Hall–Kier alpha value is -0.510. The second-order valence-corrected chi connectivity index (χ2v) is 5.78. The summed E-state index contributed by atoms with van der Waals surface area (Å²) in [5, 5.41) is 0. The highest BCUT2D eigenvalue weighted by atomic mass is 32.1. The number of allylic oxidation sites excluding steroid dienone is 3. The Morgan fingerprint density at radius 2 is 1.80 bits per heavy atom. The van der Waals surface area contributed by atoms with Crippen LogP contribution in [0.1, 0.15) is 64.7 Å². The van der Waals surface area contributed by atoms with E-state index in [9.17, 15) is 0 Å². The molecule has 0 aliphatic rings. The van der Waals surface area contributed by atoms with Crippen LogP contribution >= 0.6 is 12.2 Å². The molecule has 0 fully saturated rings. The van der Waals surface area contributed by atoms with E-state index >= 15 is 0 Å². The first-order valence-corrected chi connectivity index (χ1v) is 8.43. The van der Waals surface area contributed by atoms with Crippen LogP contribution in [0.4, 0.5) is 0 Å². The molecule has 0 rings (SSSR count). The van der Waals surface area contributed by atoms with Crippen LogP contribution in [0.25, 0.3) is 0 Å². The maximum absolute atomic E-state index is 6.06. The lowest BCUT2D eigenvalue weighted by atomic mass is 10.1. The van der Waals surface area contributed by atoms with E-state index in [1.807, 2.05) is 6.08 Å². The summed E-state index contributed by atoms with van der Waals surface area (Å²) in [5.41, 5.74) is 11.5. The summed E-state index contributed by atoms with van der Waals surface area (Å²) in [5.74, 6) is 0. The van der Waals surface area contributed by atoms with Crippen molar-refractivity contribution in [3.8, 4) is 0 Å². The minimum absolute atomic E-state index is 0.147. The molecule has 0 spiro atoms. The third-order valence-corrected chi connectivity index (χ3v) is 3.57. The van der Waals surface area contributed by atoms with Crippen LogP contribution < -0.4 is 11.5 Å². The Bertz CT molecular complexity index is 285. The van der Waals surface area contributed by atoms with Crippen LogP contribution in [0.3, 0.4) is 0 Å². The summed E-state index contributed by atoms with van der Waals surface area (Å²) in [6.45, 7) is 2.96. The first-order valence-electron chi connectivity index (χ1n) is 8.02. The fraction of sp³-hybridized carbons (Fsp3) is 0.706. The predicted molar refractivity (Wildman–Crippen MR) is 95.1 cm³/mol. The zero-order valence-corrected chi connectivity index (χ0v) is 13.8. The molecule has 0 heterocycles. The van der Waals surface area contributed by atoms with Gasteiger partial charge < -0.3 is 11.5 Å². The molecule has 0 aromatic rings. The predicted octanol–water partition coefficient (Wildman–Crippen LogP) is 4.29. The molecule has 2 nitrogen and oxygen atoms in total. The van der Waals surface area contributed by atoms with Crippen molar-refractivity contribution >= 4 is 17.1 Å². The number of thiocarbonyl (C=S) groups is 1. The maximum Gasteiger partial charge on any atom is 0.0227 e. The Labute approximate surface area is 130 Å². The Kier molecular flexibility index (Phi) is 14.5. The standard InChI is InChI=1S/C17H32N2S/c1-2-3-4-9-12-17(20)14-13-16(19)11-8-6-5-7-10-15-18/h3-4,13-14,16H,2,5-12,15,18-19H2,1H3/b4-3-,14-13+. The first-order chi connectivity index (χ1) is 9.70. The van der Waals surface area contributed by atoms with E-state index < -0.39 is 0 Å². The minimum Gasteiger partial charge on any atom is -0.330 e. The van der Waals surface area contributed by atoms with Gasteiger partial charge in [-0.05, 0) is 38.6 Å². The monoisotopic (exact) mass is 296 g/mol. The summed E-state index contributed by atoms with van der Waals surface area (Å²) in [4.78, 5) is 1.00. The van der Waals surface area contributed by atoms with Gasteiger partial charge in [-0.25, -0.2) is 0 Å². The average Bonchev–Trinajstić information content (AvgIpc) is 2.45. The summed E-state index contributed by atoms with van der Waals surface area (Å²) < 4.78 is 0. The molecule has 0 aliphatic carbocycles. The van der Waals surface area contributed by atoms with Gasteiger partial charge in [-0.2, -0.15) is 0 Å². The average molecular weight is 297 g/mol. The number of unbranched alkanes of at least 4 members (excludes halogenated alkanes) is 4. The van der Waals surface area contributed by atoms with Gasteiger partial charge in [-0.3, -0.25) is 0 Å². The number of hydrogen-bond donors (Lipinski definition) is 2. The highest BCUT2D eigenvalue weighted by Crippen LogP contribution is 2.07. The normalized spacial score (nSPS) is 13.3. The van der Waals surface area contributed by atoms with E-state index in [0.717, 1.165) is 43.5 Å². The van der Waals surface area contributed by atoms with Gasteiger partial charge in [0.1, 0.15) is 0 Å². The lowest BCUT2D eigenvalue weighted by Gasteiger charge is -2.06. The number of hydrogen-bond acceptors (Lipinski definition) is 3. The summed E-state index contributed by atoms with van der Waals surface area (Å²) >= 11 is 5.32. The van der Waals surface area contributed by atoms with Gasteiger partial charge in [-0.15, -0.1) is 0 Å². The van der Waals surface area contributed by atoms with Gasteiger partial charge in [-0.1, -0.05) is 69.1 Å². The third kappa shape index (κ3) is 13.9. The van der Waals surface area contributed by atoms with Crippen molar-refractivity contribution in [2.45, 2.75) is 70.8 Å². The molecule has 1 unspecified atom stereocenters. The molecule has 0 radical (unpaired) electrons. The molecule has 1 atom stereocenters. The number of rotatable bonds is 13. The molecule has 0 bridgehead atoms. The van der Waals surface area contributed by atoms with Crippen molar-refractivity contribution in [2.75, 3.05) is 6.54 Å². The van der Waals surface area contributed by atoms with Crippen molar-refractivity contribution in [3.63, 3.8) is 0 Å². The van der Waals surface area contributed by atoms with Crippen molar-refractivity contribution in [1.29, 1.82) is 0 Å². The molecule has 20 heavy (non-hydrogen) atoms. The van der Waals surface area contributed by atoms with E-state index in [1.165, 1.54) is 25.7 Å². The molecule has 116 valence electrons. The smallest absolute Gasteiger partial charge is 0.0227 e. The van der Waals surface area contributed by atoms with Crippen LogP contribution in [0.15, 0.2) is 24.3 Å². The molecule has 3 heteroatoms. The van der Waals surface area contributed by atoms with Crippen molar-refractivity contribution in [3.05, 3.63) is 24.3 Å². The third-order valence-electron chi connectivity index (χ3n) is 3.23. The van der Waals surface area contributed by atoms with Gasteiger partial charge in [0.25, 0.3) is 0 Å². The molecule has 0 aromatic carbocycles.